The van der Waals surface area contributed by atoms with Crippen molar-refractivity contribution in [3.8, 4) is 11.5 Å². The maximum Gasteiger partial charge on any atom is 0.260 e. The highest BCUT2D eigenvalue weighted by molar-refractivity contribution is 6.13. The molecule has 0 aliphatic heterocycles. The molecule has 0 radical (unpaired) electrons. The largest absolute Gasteiger partial charge is 0.336 e. The van der Waals surface area contributed by atoms with Crippen molar-refractivity contribution in [2.75, 3.05) is 11.4 Å². The summed E-state index contributed by atoms with van der Waals surface area (Å²) in [6.07, 6.45) is 0. The number of para-hydroxylation sites is 3. The Kier molecular flexibility index (Phi) is 4.09. The van der Waals surface area contributed by atoms with Crippen LogP contribution in [0.2, 0.25) is 0 Å². The predicted molar refractivity (Wildman–Crippen MR) is 115 cm³/mol. The molecule has 0 spiro atoms. The van der Waals surface area contributed by atoms with Gasteiger partial charge in [0.15, 0.2) is 5.82 Å². The minimum absolute atomic E-state index is 0.0635. The first-order valence-electron chi connectivity index (χ1n) is 9.55. The molecule has 5 aromatic rings. The number of hydrogen-bond acceptors (Lipinski definition) is 3. The van der Waals surface area contributed by atoms with Crippen LogP contribution < -0.4 is 4.90 Å². The van der Waals surface area contributed by atoms with Crippen LogP contribution in [0.1, 0.15) is 17.3 Å². The molecular weight excluding hydrogens is 362 g/mol. The summed E-state index contributed by atoms with van der Waals surface area (Å²) in [5.41, 5.74) is 4.60. The quantitative estimate of drug-likeness (QED) is 0.471. The van der Waals surface area contributed by atoms with Gasteiger partial charge in [0, 0.05) is 17.6 Å². The van der Waals surface area contributed by atoms with Gasteiger partial charge in [-0.1, -0.05) is 42.5 Å². The van der Waals surface area contributed by atoms with E-state index in [4.69, 9.17) is 4.98 Å². The summed E-state index contributed by atoms with van der Waals surface area (Å²) < 4.78 is 0. The summed E-state index contributed by atoms with van der Waals surface area (Å²) in [7, 11) is 0. The number of nitrogens with zero attached hydrogens (tertiary/aromatic N) is 3. The van der Waals surface area contributed by atoms with Crippen molar-refractivity contribution in [3.63, 3.8) is 0 Å². The van der Waals surface area contributed by atoms with E-state index in [9.17, 15) is 4.79 Å². The fourth-order valence-corrected chi connectivity index (χ4v) is 3.66. The van der Waals surface area contributed by atoms with E-state index in [1.165, 1.54) is 0 Å². The third-order valence-electron chi connectivity index (χ3n) is 5.07. The molecule has 0 aliphatic carbocycles. The Morgan fingerprint density at radius 3 is 2.59 bits per heavy atom. The Balaban J connectivity index is 1.62. The van der Waals surface area contributed by atoms with Gasteiger partial charge >= 0.3 is 0 Å². The monoisotopic (exact) mass is 381 g/mol. The molecule has 0 saturated carbocycles. The number of fused-ring (bicyclic) bond motifs is 2. The van der Waals surface area contributed by atoms with Gasteiger partial charge in [-0.15, -0.1) is 0 Å². The first-order valence-corrected chi connectivity index (χ1v) is 9.55. The Bertz CT molecular complexity index is 1320. The number of aromatic amines is 2. The van der Waals surface area contributed by atoms with Crippen LogP contribution in [0.4, 0.5) is 5.69 Å². The number of anilines is 1. The molecule has 0 bridgehead atoms. The topological polar surface area (TPSA) is 77.7 Å². The van der Waals surface area contributed by atoms with Crippen LogP contribution in [0.15, 0.2) is 72.8 Å². The fourth-order valence-electron chi connectivity index (χ4n) is 3.66. The molecule has 29 heavy (non-hydrogen) atoms. The molecule has 1 amide bonds. The van der Waals surface area contributed by atoms with Crippen LogP contribution in [-0.2, 0) is 0 Å². The number of rotatable bonds is 4. The molecule has 2 N–H and O–H groups in total. The van der Waals surface area contributed by atoms with Crippen LogP contribution in [0.25, 0.3) is 33.5 Å². The molecule has 142 valence electrons. The molecule has 6 heteroatoms. The SMILES string of the molecule is CCN(C(=O)c1cccc2nc(-c3n[nH]c4ccccc34)[nH]c12)c1ccccc1. The molecule has 2 heterocycles. The van der Waals surface area contributed by atoms with Gasteiger partial charge in [-0.2, -0.15) is 5.10 Å². The average molecular weight is 381 g/mol. The van der Waals surface area contributed by atoms with Crippen molar-refractivity contribution in [1.29, 1.82) is 0 Å². The van der Waals surface area contributed by atoms with Gasteiger partial charge < -0.3 is 9.88 Å². The lowest BCUT2D eigenvalue weighted by molar-refractivity contribution is 0.0989. The second-order valence-electron chi connectivity index (χ2n) is 6.79. The van der Waals surface area contributed by atoms with Crippen molar-refractivity contribution < 1.29 is 4.79 Å². The summed E-state index contributed by atoms with van der Waals surface area (Å²) in [5.74, 6) is 0.576. The lowest BCUT2D eigenvalue weighted by atomic mass is 10.1. The zero-order valence-corrected chi connectivity index (χ0v) is 15.9. The molecule has 0 fully saturated rings. The van der Waals surface area contributed by atoms with E-state index in [1.807, 2.05) is 79.7 Å². The predicted octanol–water partition coefficient (Wildman–Crippen LogP) is 4.77. The molecule has 0 unspecified atom stereocenters. The second-order valence-corrected chi connectivity index (χ2v) is 6.79. The maximum absolute atomic E-state index is 13.4. The zero-order chi connectivity index (χ0) is 19.8. The molecule has 6 nitrogen and oxygen atoms in total. The van der Waals surface area contributed by atoms with E-state index in [0.29, 0.717) is 23.4 Å². The second kappa shape index (κ2) is 6.91. The van der Waals surface area contributed by atoms with Crippen molar-refractivity contribution in [1.82, 2.24) is 20.2 Å². The molecule has 5 rings (SSSR count). The van der Waals surface area contributed by atoms with Gasteiger partial charge in [-0.05, 0) is 37.3 Å². The Labute approximate surface area is 167 Å². The smallest absolute Gasteiger partial charge is 0.260 e. The zero-order valence-electron chi connectivity index (χ0n) is 15.9. The van der Waals surface area contributed by atoms with E-state index in [1.54, 1.807) is 4.90 Å². The van der Waals surface area contributed by atoms with E-state index in [2.05, 4.69) is 15.2 Å². The molecule has 0 aliphatic rings. The van der Waals surface area contributed by atoms with Crippen LogP contribution in [0.3, 0.4) is 0 Å². The van der Waals surface area contributed by atoms with Gasteiger partial charge in [0.25, 0.3) is 5.91 Å². The minimum atomic E-state index is -0.0635. The highest BCUT2D eigenvalue weighted by Gasteiger charge is 2.21. The summed E-state index contributed by atoms with van der Waals surface area (Å²) in [4.78, 5) is 23.1. The van der Waals surface area contributed by atoms with Crippen molar-refractivity contribution in [3.05, 3.63) is 78.4 Å². The first kappa shape index (κ1) is 17.2. The average Bonchev–Trinajstić information content (AvgIpc) is 3.38. The van der Waals surface area contributed by atoms with E-state index in [-0.39, 0.29) is 5.91 Å². The first-order chi connectivity index (χ1) is 14.3. The summed E-state index contributed by atoms with van der Waals surface area (Å²) >= 11 is 0. The lowest BCUT2D eigenvalue weighted by Gasteiger charge is -2.21. The Morgan fingerprint density at radius 2 is 1.76 bits per heavy atom. The number of nitrogens with one attached hydrogen (secondary N) is 2. The third kappa shape index (κ3) is 2.86. The molecular formula is C23H19N5O. The summed E-state index contributed by atoms with van der Waals surface area (Å²) in [6.45, 7) is 2.55. The van der Waals surface area contributed by atoms with Crippen molar-refractivity contribution >= 4 is 33.5 Å². The lowest BCUT2D eigenvalue weighted by Crippen LogP contribution is -2.30. The summed E-state index contributed by atoms with van der Waals surface area (Å²) in [6, 6.07) is 23.2. The number of benzene rings is 3. The van der Waals surface area contributed by atoms with Crippen molar-refractivity contribution in [2.45, 2.75) is 6.92 Å². The Morgan fingerprint density at radius 1 is 0.966 bits per heavy atom. The molecule has 0 saturated heterocycles. The number of aromatic nitrogens is 4. The van der Waals surface area contributed by atoms with Crippen LogP contribution >= 0.6 is 0 Å². The highest BCUT2D eigenvalue weighted by atomic mass is 16.2. The normalized spacial score (nSPS) is 11.2. The van der Waals surface area contributed by atoms with E-state index < -0.39 is 0 Å². The number of imidazole rings is 1. The number of carbonyl (C=O) groups is 1. The standard InChI is InChI=1S/C23H19N5O/c1-2-28(15-9-4-3-5-10-15)23(29)17-12-8-14-19-20(17)25-22(24-19)21-16-11-6-7-13-18(16)26-27-21/h3-14H,2H2,1H3,(H,24,25)(H,26,27). The van der Waals surface area contributed by atoms with Gasteiger partial charge in [0.1, 0.15) is 5.69 Å². The van der Waals surface area contributed by atoms with Crippen molar-refractivity contribution in [2.24, 2.45) is 0 Å². The maximum atomic E-state index is 13.4. The number of H-pyrrole nitrogens is 2. The third-order valence-corrected chi connectivity index (χ3v) is 5.07. The molecule has 2 aromatic heterocycles. The van der Waals surface area contributed by atoms with Gasteiger partial charge in [0.2, 0.25) is 0 Å². The minimum Gasteiger partial charge on any atom is -0.336 e. The fraction of sp³-hybridized carbons (Fsp3) is 0.0870. The Hall–Kier alpha value is -3.93. The van der Waals surface area contributed by atoms with Crippen LogP contribution in [0.5, 0.6) is 0 Å². The van der Waals surface area contributed by atoms with E-state index in [0.717, 1.165) is 27.8 Å². The number of hydrogen-bond donors (Lipinski definition) is 2. The van der Waals surface area contributed by atoms with Crippen LogP contribution in [-0.4, -0.2) is 32.6 Å². The number of carbonyl (C=O) groups excluding carboxylic acids is 1. The van der Waals surface area contributed by atoms with Gasteiger partial charge in [-0.3, -0.25) is 9.89 Å². The van der Waals surface area contributed by atoms with Gasteiger partial charge in [0.05, 0.1) is 22.1 Å². The highest BCUT2D eigenvalue weighted by Crippen LogP contribution is 2.28. The molecule has 3 aromatic carbocycles. The number of amides is 1. The summed E-state index contributed by atoms with van der Waals surface area (Å²) in [5, 5.41) is 8.44. The van der Waals surface area contributed by atoms with Crippen LogP contribution in [0, 0.1) is 0 Å². The van der Waals surface area contributed by atoms with Gasteiger partial charge in [-0.25, -0.2) is 4.98 Å². The molecule has 0 atom stereocenters. The van der Waals surface area contributed by atoms with E-state index >= 15 is 0 Å².